The van der Waals surface area contributed by atoms with Crippen molar-refractivity contribution in [2.24, 2.45) is 0 Å². The Labute approximate surface area is 160 Å². The van der Waals surface area contributed by atoms with Crippen LogP contribution >= 0.6 is 31.9 Å². The molecule has 0 aliphatic rings. The van der Waals surface area contributed by atoms with Crippen molar-refractivity contribution in [3.05, 3.63) is 39.3 Å². The van der Waals surface area contributed by atoms with Crippen molar-refractivity contribution in [1.29, 1.82) is 0 Å². The van der Waals surface area contributed by atoms with Crippen LogP contribution in [0.2, 0.25) is 0 Å². The van der Waals surface area contributed by atoms with E-state index in [1.54, 1.807) is 6.07 Å². The first-order valence-corrected chi connectivity index (χ1v) is 8.75. The number of hydrogen-bond donors (Lipinski definition) is 3. The molecule has 0 aliphatic carbocycles. The quantitative estimate of drug-likeness (QED) is 0.559. The van der Waals surface area contributed by atoms with Crippen molar-refractivity contribution in [3.8, 4) is 5.75 Å². The molecule has 132 valence electrons. The fourth-order valence-electron chi connectivity index (χ4n) is 1.96. The number of carboxylic acid groups (broad SMARTS) is 1. The largest absolute Gasteiger partial charge is 0.483 e. The normalized spacial score (nSPS) is 10.3. The highest BCUT2D eigenvalue weighted by molar-refractivity contribution is 9.11. The summed E-state index contributed by atoms with van der Waals surface area (Å²) in [5.41, 5.74) is 4.29. The van der Waals surface area contributed by atoms with Crippen molar-refractivity contribution in [2.75, 3.05) is 6.61 Å². The number of amides is 2. The molecule has 0 bridgehead atoms. The summed E-state index contributed by atoms with van der Waals surface area (Å²) in [6, 6.07) is 9.38. The van der Waals surface area contributed by atoms with Crippen molar-refractivity contribution in [2.45, 2.75) is 12.8 Å². The third-order valence-corrected chi connectivity index (χ3v) is 4.46. The van der Waals surface area contributed by atoms with Crippen molar-refractivity contribution < 1.29 is 24.2 Å². The molecular weight excluding hydrogens is 460 g/mol. The monoisotopic (exact) mass is 472 g/mol. The topological polar surface area (TPSA) is 105 Å². The van der Waals surface area contributed by atoms with E-state index in [2.05, 4.69) is 42.7 Å². The lowest BCUT2D eigenvalue weighted by Crippen LogP contribution is -2.43. The van der Waals surface area contributed by atoms with Crippen LogP contribution in [0.4, 0.5) is 0 Å². The zero-order valence-corrected chi connectivity index (χ0v) is 16.0. The molecule has 9 heteroatoms. The highest BCUT2D eigenvalue weighted by atomic mass is 79.9. The second-order valence-electron chi connectivity index (χ2n) is 5.02. The van der Waals surface area contributed by atoms with Crippen LogP contribution in [0.3, 0.4) is 0 Å². The second-order valence-corrected chi connectivity index (χ2v) is 6.73. The van der Waals surface area contributed by atoms with Gasteiger partial charge in [-0.1, -0.05) is 28.1 Å². The van der Waals surface area contributed by atoms with Crippen LogP contribution in [0.1, 0.15) is 12.8 Å². The molecule has 2 aromatic carbocycles. The smallest absolute Gasteiger partial charge is 0.303 e. The van der Waals surface area contributed by atoms with E-state index in [0.29, 0.717) is 5.75 Å². The number of carbonyl (C=O) groups is 3. The zero-order chi connectivity index (χ0) is 18.4. The Bertz CT molecular complexity index is 826. The summed E-state index contributed by atoms with van der Waals surface area (Å²) in [6.07, 6.45) is -0.527. The molecule has 0 saturated heterocycles. The van der Waals surface area contributed by atoms with E-state index in [1.807, 2.05) is 24.3 Å². The SMILES string of the molecule is O=C(O)CCC(=O)NNC(=O)COc1ccc2cc(Br)ccc2c1Br. The number of rotatable bonds is 6. The lowest BCUT2D eigenvalue weighted by atomic mass is 10.1. The van der Waals surface area contributed by atoms with Gasteiger partial charge in [-0.15, -0.1) is 0 Å². The van der Waals surface area contributed by atoms with Crippen molar-refractivity contribution in [1.82, 2.24) is 10.9 Å². The summed E-state index contributed by atoms with van der Waals surface area (Å²) < 4.78 is 7.13. The molecule has 0 radical (unpaired) electrons. The van der Waals surface area contributed by atoms with Gasteiger partial charge in [0.15, 0.2) is 6.61 Å². The minimum absolute atomic E-state index is 0.220. The van der Waals surface area contributed by atoms with Gasteiger partial charge in [0, 0.05) is 10.9 Å². The maximum atomic E-state index is 11.7. The van der Waals surface area contributed by atoms with Gasteiger partial charge in [-0.05, 0) is 44.9 Å². The number of halogens is 2. The number of carboxylic acids is 1. The third kappa shape index (κ3) is 5.71. The van der Waals surface area contributed by atoms with Gasteiger partial charge in [0.25, 0.3) is 5.91 Å². The van der Waals surface area contributed by atoms with E-state index < -0.39 is 17.8 Å². The van der Waals surface area contributed by atoms with Gasteiger partial charge in [0.2, 0.25) is 5.91 Å². The van der Waals surface area contributed by atoms with Gasteiger partial charge in [0.05, 0.1) is 10.9 Å². The van der Waals surface area contributed by atoms with Gasteiger partial charge in [-0.2, -0.15) is 0 Å². The number of fused-ring (bicyclic) bond motifs is 1. The standard InChI is InChI=1S/C16H14Br2N2O5/c17-10-2-3-11-9(7-10)1-4-12(16(11)18)25-8-14(22)20-19-13(21)5-6-15(23)24/h1-4,7H,5-6,8H2,(H,19,21)(H,20,22)(H,23,24). The summed E-state index contributed by atoms with van der Waals surface area (Å²) in [4.78, 5) is 33.4. The van der Waals surface area contributed by atoms with E-state index >= 15 is 0 Å². The maximum Gasteiger partial charge on any atom is 0.303 e. The first kappa shape index (κ1) is 19.2. The zero-order valence-electron chi connectivity index (χ0n) is 12.8. The van der Waals surface area contributed by atoms with Gasteiger partial charge in [-0.25, -0.2) is 0 Å². The van der Waals surface area contributed by atoms with Crippen molar-refractivity contribution in [3.63, 3.8) is 0 Å². The van der Waals surface area contributed by atoms with Crippen LogP contribution in [0.15, 0.2) is 39.3 Å². The Morgan fingerprint density at radius 3 is 2.44 bits per heavy atom. The van der Waals surface area contributed by atoms with Crippen LogP contribution in [0.5, 0.6) is 5.75 Å². The van der Waals surface area contributed by atoms with Crippen LogP contribution in [-0.2, 0) is 14.4 Å². The first-order valence-electron chi connectivity index (χ1n) is 7.17. The molecule has 0 heterocycles. The lowest BCUT2D eigenvalue weighted by Gasteiger charge is -2.11. The minimum Gasteiger partial charge on any atom is -0.483 e. The number of aliphatic carboxylic acids is 1. The lowest BCUT2D eigenvalue weighted by molar-refractivity contribution is -0.139. The molecule has 0 aromatic heterocycles. The Balaban J connectivity index is 1.88. The molecule has 2 amide bonds. The highest BCUT2D eigenvalue weighted by Crippen LogP contribution is 2.34. The summed E-state index contributed by atoms with van der Waals surface area (Å²) in [5.74, 6) is -1.75. The highest BCUT2D eigenvalue weighted by Gasteiger charge is 2.10. The van der Waals surface area contributed by atoms with E-state index in [4.69, 9.17) is 9.84 Å². The summed E-state index contributed by atoms with van der Waals surface area (Å²) in [7, 11) is 0. The van der Waals surface area contributed by atoms with Crippen LogP contribution in [0.25, 0.3) is 10.8 Å². The van der Waals surface area contributed by atoms with Crippen LogP contribution < -0.4 is 15.6 Å². The first-order chi connectivity index (χ1) is 11.9. The molecule has 0 atom stereocenters. The number of carbonyl (C=O) groups excluding carboxylic acids is 2. The fraction of sp³-hybridized carbons (Fsp3) is 0.188. The maximum absolute atomic E-state index is 11.7. The molecule has 0 unspecified atom stereocenters. The van der Waals surface area contributed by atoms with Gasteiger partial charge < -0.3 is 9.84 Å². The van der Waals surface area contributed by atoms with E-state index in [9.17, 15) is 14.4 Å². The summed E-state index contributed by atoms with van der Waals surface area (Å²) in [6.45, 7) is -0.306. The summed E-state index contributed by atoms with van der Waals surface area (Å²) >= 11 is 6.86. The Hall–Kier alpha value is -2.13. The fourth-order valence-corrected chi connectivity index (χ4v) is 2.94. The molecule has 0 fully saturated rings. The molecular formula is C16H14Br2N2O5. The molecule has 25 heavy (non-hydrogen) atoms. The minimum atomic E-state index is -1.09. The van der Waals surface area contributed by atoms with E-state index in [-0.39, 0.29) is 19.4 Å². The molecule has 0 aliphatic heterocycles. The molecule has 3 N–H and O–H groups in total. The van der Waals surface area contributed by atoms with Crippen LogP contribution in [-0.4, -0.2) is 29.5 Å². The number of ether oxygens (including phenoxy) is 1. The van der Waals surface area contributed by atoms with E-state index in [0.717, 1.165) is 19.7 Å². The molecule has 0 saturated carbocycles. The van der Waals surface area contributed by atoms with Gasteiger partial charge >= 0.3 is 5.97 Å². The number of benzene rings is 2. The molecule has 2 aromatic rings. The predicted octanol–water partition coefficient (Wildman–Crippen LogP) is 2.76. The molecule has 2 rings (SSSR count). The number of hydrazine groups is 1. The molecule has 0 spiro atoms. The van der Waals surface area contributed by atoms with Gasteiger partial charge in [0.1, 0.15) is 5.75 Å². The number of hydrogen-bond acceptors (Lipinski definition) is 4. The summed E-state index contributed by atoms with van der Waals surface area (Å²) in [5, 5.41) is 10.4. The Kier molecular flexibility index (Phi) is 6.77. The Morgan fingerprint density at radius 1 is 1.00 bits per heavy atom. The average Bonchev–Trinajstić information content (AvgIpc) is 2.57. The number of nitrogens with one attached hydrogen (secondary N) is 2. The van der Waals surface area contributed by atoms with E-state index in [1.165, 1.54) is 0 Å². The van der Waals surface area contributed by atoms with Crippen LogP contribution in [0, 0.1) is 0 Å². The Morgan fingerprint density at radius 2 is 1.72 bits per heavy atom. The van der Waals surface area contributed by atoms with Gasteiger partial charge in [-0.3, -0.25) is 25.2 Å². The molecule has 7 nitrogen and oxygen atoms in total. The predicted molar refractivity (Wildman–Crippen MR) is 98.0 cm³/mol. The average molecular weight is 474 g/mol. The second kappa shape index (κ2) is 8.82. The third-order valence-electron chi connectivity index (χ3n) is 3.15. The van der Waals surface area contributed by atoms with Crippen molar-refractivity contribution >= 4 is 60.4 Å².